The summed E-state index contributed by atoms with van der Waals surface area (Å²) in [6, 6.07) is 11.7. The number of rotatable bonds is 9. The maximum Gasteiger partial charge on any atom is 0.305 e. The van der Waals surface area contributed by atoms with Crippen molar-refractivity contribution in [3.05, 3.63) is 69.2 Å². The molecule has 0 bridgehead atoms. The van der Waals surface area contributed by atoms with Crippen LogP contribution in [0.1, 0.15) is 121 Å². The Morgan fingerprint density at radius 2 is 1.60 bits per heavy atom. The highest BCUT2D eigenvalue weighted by Crippen LogP contribution is 2.50. The summed E-state index contributed by atoms with van der Waals surface area (Å²) < 4.78 is 0. The largest absolute Gasteiger partial charge is 0.481 e. The van der Waals surface area contributed by atoms with E-state index in [2.05, 4.69) is 46.9 Å². The van der Waals surface area contributed by atoms with Gasteiger partial charge in [-0.05, 0) is 98.1 Å². The second-order valence-corrected chi connectivity index (χ2v) is 16.0. The van der Waals surface area contributed by atoms with E-state index >= 15 is 0 Å². The molecular formula is C36H47Cl2N3O4. The number of carboxylic acids is 1. The molecule has 2 aromatic carbocycles. The van der Waals surface area contributed by atoms with Crippen LogP contribution in [-0.4, -0.2) is 45.2 Å². The molecule has 1 spiro atoms. The number of nitrogens with zero attached hydrogens (tertiary/aromatic N) is 2. The normalized spacial score (nSPS) is 21.9. The lowest BCUT2D eigenvalue weighted by Crippen LogP contribution is -2.51. The SMILES string of the molecule is C[C@@H](CC(=O)O)NC(=O)c1ccc([C@@H](CCC(C)(C)C)N2C(=O)C(c3cc(Cl)cc(Cl)c3)=NC23CCC(C(C)(C)C)CC3)cc1. The number of hydrogen-bond acceptors (Lipinski definition) is 4. The molecule has 1 saturated carbocycles. The fourth-order valence-corrected chi connectivity index (χ4v) is 7.24. The topological polar surface area (TPSA) is 99.1 Å². The van der Waals surface area contributed by atoms with Crippen LogP contribution < -0.4 is 5.32 Å². The van der Waals surface area contributed by atoms with E-state index in [1.165, 1.54) is 0 Å². The Bertz CT molecular complexity index is 1430. The predicted octanol–water partition coefficient (Wildman–Crippen LogP) is 8.72. The summed E-state index contributed by atoms with van der Waals surface area (Å²) in [6.07, 6.45) is 4.86. The lowest BCUT2D eigenvalue weighted by molar-refractivity contribution is -0.137. The molecule has 0 saturated heterocycles. The molecule has 2 aliphatic rings. The lowest BCUT2D eigenvalue weighted by atomic mass is 9.69. The monoisotopic (exact) mass is 655 g/mol. The van der Waals surface area contributed by atoms with Crippen LogP contribution in [0, 0.1) is 16.7 Å². The number of amides is 2. The third-order valence-corrected chi connectivity index (χ3v) is 9.67. The van der Waals surface area contributed by atoms with Gasteiger partial charge in [0.15, 0.2) is 0 Å². The number of halogens is 2. The van der Waals surface area contributed by atoms with Gasteiger partial charge in [0.05, 0.1) is 12.5 Å². The van der Waals surface area contributed by atoms with Crippen LogP contribution >= 0.6 is 23.2 Å². The van der Waals surface area contributed by atoms with Crippen molar-refractivity contribution in [2.75, 3.05) is 0 Å². The van der Waals surface area contributed by atoms with Gasteiger partial charge in [0.1, 0.15) is 11.4 Å². The van der Waals surface area contributed by atoms with Crippen LogP contribution in [0.2, 0.25) is 10.0 Å². The smallest absolute Gasteiger partial charge is 0.305 e. The number of aliphatic carboxylic acids is 1. The molecule has 1 fully saturated rings. The van der Waals surface area contributed by atoms with Crippen molar-refractivity contribution in [2.24, 2.45) is 21.7 Å². The summed E-state index contributed by atoms with van der Waals surface area (Å²) in [5.74, 6) is -0.915. The van der Waals surface area contributed by atoms with E-state index in [1.807, 2.05) is 17.0 Å². The van der Waals surface area contributed by atoms with Crippen molar-refractivity contribution in [1.82, 2.24) is 10.2 Å². The van der Waals surface area contributed by atoms with Gasteiger partial charge < -0.3 is 15.3 Å². The van der Waals surface area contributed by atoms with E-state index in [1.54, 1.807) is 37.3 Å². The number of nitrogens with one attached hydrogen (secondary N) is 1. The molecule has 1 aliphatic carbocycles. The molecule has 1 aliphatic heterocycles. The quantitative estimate of drug-likeness (QED) is 0.282. The highest BCUT2D eigenvalue weighted by molar-refractivity contribution is 6.47. The van der Waals surface area contributed by atoms with E-state index in [-0.39, 0.29) is 35.1 Å². The Labute approximate surface area is 277 Å². The van der Waals surface area contributed by atoms with E-state index in [4.69, 9.17) is 33.3 Å². The van der Waals surface area contributed by atoms with Gasteiger partial charge in [-0.1, -0.05) is 76.9 Å². The van der Waals surface area contributed by atoms with Crippen molar-refractivity contribution in [1.29, 1.82) is 0 Å². The second kappa shape index (κ2) is 13.4. The Balaban J connectivity index is 1.75. The maximum absolute atomic E-state index is 14.6. The first-order chi connectivity index (χ1) is 20.9. The van der Waals surface area contributed by atoms with Gasteiger partial charge >= 0.3 is 5.97 Å². The molecule has 2 atom stereocenters. The molecule has 2 amide bonds. The zero-order chi connectivity index (χ0) is 33.3. The Hall–Kier alpha value is -2.90. The number of carbonyl (C=O) groups excluding carboxylic acids is 2. The fourth-order valence-electron chi connectivity index (χ4n) is 6.71. The van der Waals surface area contributed by atoms with Gasteiger partial charge in [-0.3, -0.25) is 19.4 Å². The molecule has 7 nitrogen and oxygen atoms in total. The maximum atomic E-state index is 14.6. The van der Waals surface area contributed by atoms with Gasteiger partial charge in [-0.15, -0.1) is 0 Å². The number of carboxylic acid groups (broad SMARTS) is 1. The highest BCUT2D eigenvalue weighted by Gasteiger charge is 2.52. The van der Waals surface area contributed by atoms with Crippen LogP contribution in [0.3, 0.4) is 0 Å². The summed E-state index contributed by atoms with van der Waals surface area (Å²) >= 11 is 12.8. The zero-order valence-electron chi connectivity index (χ0n) is 27.5. The number of benzene rings is 2. The van der Waals surface area contributed by atoms with Gasteiger partial charge in [0.2, 0.25) is 0 Å². The summed E-state index contributed by atoms with van der Waals surface area (Å²) in [7, 11) is 0. The third-order valence-electron chi connectivity index (χ3n) is 9.23. The number of aliphatic imine (C=N–C) groups is 1. The zero-order valence-corrected chi connectivity index (χ0v) is 29.1. The fraction of sp³-hybridized carbons (Fsp3) is 0.556. The van der Waals surface area contributed by atoms with Gasteiger partial charge in [-0.2, -0.15) is 0 Å². The molecule has 4 rings (SSSR count). The van der Waals surface area contributed by atoms with E-state index in [9.17, 15) is 14.4 Å². The Kier molecular flexibility index (Phi) is 10.4. The molecule has 2 aromatic rings. The van der Waals surface area contributed by atoms with E-state index in [0.717, 1.165) is 44.1 Å². The molecule has 244 valence electrons. The summed E-state index contributed by atoms with van der Waals surface area (Å²) in [5, 5.41) is 12.7. The van der Waals surface area contributed by atoms with E-state index < -0.39 is 17.7 Å². The standard InChI is InChI=1S/C36H47Cl2N3O4/c1-22(18-30(42)43)39-32(44)24-10-8-23(9-11-24)29(14-15-34(2,3)4)41-33(45)31(25-19-27(37)21-28(38)20-25)40-36(41)16-12-26(13-17-36)35(5,6)7/h8-11,19-22,26,29H,12-18H2,1-7H3,(H,39,44)(H,42,43)/t22-,26?,29+,36?/m0/s1. The minimum absolute atomic E-state index is 0.0301. The van der Waals surface area contributed by atoms with Crippen molar-refractivity contribution in [3.63, 3.8) is 0 Å². The molecular weight excluding hydrogens is 609 g/mol. The Morgan fingerprint density at radius 3 is 2.11 bits per heavy atom. The average Bonchev–Trinajstić information content (AvgIpc) is 3.18. The molecule has 0 unspecified atom stereocenters. The Morgan fingerprint density at radius 1 is 1.02 bits per heavy atom. The van der Waals surface area contributed by atoms with Gasteiger partial charge in [-0.25, -0.2) is 0 Å². The molecule has 45 heavy (non-hydrogen) atoms. The van der Waals surface area contributed by atoms with Crippen molar-refractivity contribution in [3.8, 4) is 0 Å². The third kappa shape index (κ3) is 8.48. The molecule has 0 aromatic heterocycles. The van der Waals surface area contributed by atoms with Crippen LogP contribution in [0.15, 0.2) is 47.5 Å². The van der Waals surface area contributed by atoms with Crippen molar-refractivity contribution >= 4 is 46.7 Å². The van der Waals surface area contributed by atoms with Crippen LogP contribution in [0.25, 0.3) is 0 Å². The van der Waals surface area contributed by atoms with Gasteiger partial charge in [0.25, 0.3) is 11.8 Å². The van der Waals surface area contributed by atoms with Crippen LogP contribution in [-0.2, 0) is 9.59 Å². The number of carbonyl (C=O) groups is 3. The highest BCUT2D eigenvalue weighted by atomic mass is 35.5. The van der Waals surface area contributed by atoms with Crippen molar-refractivity contribution in [2.45, 2.75) is 111 Å². The van der Waals surface area contributed by atoms with Gasteiger partial charge in [0, 0.05) is 27.2 Å². The number of hydrogen-bond donors (Lipinski definition) is 2. The molecule has 9 heteroatoms. The molecule has 2 N–H and O–H groups in total. The first-order valence-electron chi connectivity index (χ1n) is 15.9. The first-order valence-corrected chi connectivity index (χ1v) is 16.7. The summed E-state index contributed by atoms with van der Waals surface area (Å²) in [6.45, 7) is 15.1. The average molecular weight is 657 g/mol. The summed E-state index contributed by atoms with van der Waals surface area (Å²) in [5.41, 5.74) is 1.86. The molecule has 1 heterocycles. The minimum atomic E-state index is -0.970. The van der Waals surface area contributed by atoms with Crippen LogP contribution in [0.4, 0.5) is 0 Å². The predicted molar refractivity (Wildman–Crippen MR) is 181 cm³/mol. The minimum Gasteiger partial charge on any atom is -0.481 e. The summed E-state index contributed by atoms with van der Waals surface area (Å²) in [4.78, 5) is 45.8. The lowest BCUT2D eigenvalue weighted by Gasteiger charge is -2.47. The molecule has 0 radical (unpaired) electrons. The second-order valence-electron chi connectivity index (χ2n) is 15.1. The first kappa shape index (κ1) is 35.0. The van der Waals surface area contributed by atoms with Crippen LogP contribution in [0.5, 0.6) is 0 Å². The van der Waals surface area contributed by atoms with E-state index in [0.29, 0.717) is 32.8 Å². The van der Waals surface area contributed by atoms with Crippen molar-refractivity contribution < 1.29 is 19.5 Å².